The summed E-state index contributed by atoms with van der Waals surface area (Å²) in [5.74, 6) is 0.457. The van der Waals surface area contributed by atoms with Crippen LogP contribution in [0.4, 0.5) is 5.69 Å². The number of amides is 2. The molecular weight excluding hydrogens is 472 g/mol. The summed E-state index contributed by atoms with van der Waals surface area (Å²) in [6, 6.07) is 8.82. The molecule has 2 aliphatic heterocycles. The maximum atomic E-state index is 13.3. The summed E-state index contributed by atoms with van der Waals surface area (Å²) >= 11 is 8.69. The van der Waals surface area contributed by atoms with Gasteiger partial charge in [0, 0.05) is 16.1 Å². The number of carbonyl (C=O) groups excluding carboxylic acids is 2. The Bertz CT molecular complexity index is 1110. The number of aryl methyl sites for hydroxylation is 1. The van der Waals surface area contributed by atoms with Crippen LogP contribution in [0.1, 0.15) is 18.1 Å². The van der Waals surface area contributed by atoms with E-state index in [0.717, 1.165) is 10.0 Å². The summed E-state index contributed by atoms with van der Waals surface area (Å²) in [4.78, 5) is 27.2. The molecule has 1 fully saturated rings. The van der Waals surface area contributed by atoms with Gasteiger partial charge in [-0.1, -0.05) is 15.9 Å². The zero-order valence-corrected chi connectivity index (χ0v) is 18.6. The number of hydrogen-bond donors (Lipinski definition) is 1. The first kappa shape index (κ1) is 20.4. The van der Waals surface area contributed by atoms with Gasteiger partial charge in [0.25, 0.3) is 11.8 Å². The van der Waals surface area contributed by atoms with Crippen LogP contribution in [0.15, 0.2) is 40.4 Å². The molecule has 9 heteroatoms. The highest BCUT2D eigenvalue weighted by Gasteiger charge is 2.35. The predicted octanol–water partition coefficient (Wildman–Crippen LogP) is 3.72. The minimum absolute atomic E-state index is 0.0308. The predicted molar refractivity (Wildman–Crippen MR) is 119 cm³/mol. The number of anilines is 1. The van der Waals surface area contributed by atoms with Crippen molar-refractivity contribution in [3.05, 3.63) is 51.5 Å². The van der Waals surface area contributed by atoms with Gasteiger partial charge in [0.1, 0.15) is 11.3 Å². The van der Waals surface area contributed by atoms with Crippen LogP contribution >= 0.6 is 28.1 Å². The molecule has 7 nitrogen and oxygen atoms in total. The van der Waals surface area contributed by atoms with Gasteiger partial charge in [-0.2, -0.15) is 0 Å². The Balaban J connectivity index is 1.78. The fourth-order valence-electron chi connectivity index (χ4n) is 3.23. The van der Waals surface area contributed by atoms with E-state index in [1.807, 2.05) is 26.0 Å². The fourth-order valence-corrected chi connectivity index (χ4v) is 3.98. The standard InChI is InChI=1S/C21H17BrN2O5S/c1-3-27-16-9-18-17(28-10-29-18)8-12(16)7-14-19(25)23-21(30)24(20(14)26)15-5-4-13(22)6-11(15)2/h4-9H,3,10H2,1-2H3,(H,23,25,30)/b14-7-. The van der Waals surface area contributed by atoms with Crippen molar-refractivity contribution in [3.8, 4) is 17.2 Å². The number of carbonyl (C=O) groups is 2. The average Bonchev–Trinajstić information content (AvgIpc) is 3.14. The maximum absolute atomic E-state index is 13.3. The van der Waals surface area contributed by atoms with E-state index in [4.69, 9.17) is 26.4 Å². The largest absolute Gasteiger partial charge is 0.493 e. The number of nitrogens with one attached hydrogen (secondary N) is 1. The van der Waals surface area contributed by atoms with Crippen molar-refractivity contribution in [2.75, 3.05) is 18.3 Å². The highest BCUT2D eigenvalue weighted by Crippen LogP contribution is 2.39. The Morgan fingerprint density at radius 2 is 1.97 bits per heavy atom. The number of halogens is 1. The van der Waals surface area contributed by atoms with Crippen molar-refractivity contribution in [3.63, 3.8) is 0 Å². The van der Waals surface area contributed by atoms with E-state index in [2.05, 4.69) is 21.2 Å². The van der Waals surface area contributed by atoms with Crippen molar-refractivity contribution in [1.29, 1.82) is 0 Å². The average molecular weight is 489 g/mol. The molecule has 2 aromatic rings. The van der Waals surface area contributed by atoms with Crippen LogP contribution < -0.4 is 24.4 Å². The molecule has 2 amide bonds. The van der Waals surface area contributed by atoms with Gasteiger partial charge in [-0.3, -0.25) is 19.8 Å². The maximum Gasteiger partial charge on any atom is 0.270 e. The Hall–Kier alpha value is -2.91. The van der Waals surface area contributed by atoms with E-state index < -0.39 is 11.8 Å². The molecule has 1 saturated heterocycles. The fraction of sp³-hybridized carbons (Fsp3) is 0.190. The Kier molecular flexibility index (Phi) is 5.48. The Morgan fingerprint density at radius 3 is 2.67 bits per heavy atom. The summed E-state index contributed by atoms with van der Waals surface area (Å²) in [6.07, 6.45) is 1.48. The molecule has 2 heterocycles. The zero-order valence-electron chi connectivity index (χ0n) is 16.2. The lowest BCUT2D eigenvalue weighted by Gasteiger charge is -2.30. The molecule has 1 N–H and O–H groups in total. The third-order valence-electron chi connectivity index (χ3n) is 4.61. The van der Waals surface area contributed by atoms with Gasteiger partial charge in [-0.15, -0.1) is 0 Å². The quantitative estimate of drug-likeness (QED) is 0.401. The van der Waals surface area contributed by atoms with E-state index >= 15 is 0 Å². The summed E-state index contributed by atoms with van der Waals surface area (Å²) < 4.78 is 17.4. The topological polar surface area (TPSA) is 77.1 Å². The third kappa shape index (κ3) is 3.66. The molecule has 0 aromatic heterocycles. The number of nitrogens with zero attached hydrogens (tertiary/aromatic N) is 1. The highest BCUT2D eigenvalue weighted by atomic mass is 79.9. The van der Waals surface area contributed by atoms with Gasteiger partial charge >= 0.3 is 0 Å². The van der Waals surface area contributed by atoms with Gasteiger partial charge < -0.3 is 14.2 Å². The second kappa shape index (κ2) is 8.08. The molecule has 0 bridgehead atoms. The van der Waals surface area contributed by atoms with E-state index in [1.165, 1.54) is 11.0 Å². The molecule has 0 spiro atoms. The molecule has 154 valence electrons. The van der Waals surface area contributed by atoms with Crippen LogP contribution in [0.2, 0.25) is 0 Å². The SMILES string of the molecule is CCOc1cc2c(cc1/C=C1/C(=O)NC(=S)N(c3ccc(Br)cc3C)C1=O)OCO2. The molecule has 0 saturated carbocycles. The number of ether oxygens (including phenoxy) is 3. The van der Waals surface area contributed by atoms with Gasteiger partial charge in [-0.05, 0) is 62.0 Å². The van der Waals surface area contributed by atoms with Crippen molar-refractivity contribution in [1.82, 2.24) is 5.32 Å². The molecule has 0 unspecified atom stereocenters. The van der Waals surface area contributed by atoms with Crippen LogP contribution in [0.3, 0.4) is 0 Å². The van der Waals surface area contributed by atoms with Crippen molar-refractivity contribution < 1.29 is 23.8 Å². The summed E-state index contributed by atoms with van der Waals surface area (Å²) in [6.45, 7) is 4.22. The van der Waals surface area contributed by atoms with Crippen LogP contribution in [-0.2, 0) is 9.59 Å². The van der Waals surface area contributed by atoms with Gasteiger partial charge in [0.15, 0.2) is 16.6 Å². The molecule has 2 aromatic carbocycles. The second-order valence-corrected chi connectivity index (χ2v) is 7.87. The van der Waals surface area contributed by atoms with Gasteiger partial charge in [0.05, 0.1) is 12.3 Å². The molecule has 0 atom stereocenters. The highest BCUT2D eigenvalue weighted by molar-refractivity contribution is 9.10. The lowest BCUT2D eigenvalue weighted by Crippen LogP contribution is -2.54. The Morgan fingerprint density at radius 1 is 1.23 bits per heavy atom. The zero-order chi connectivity index (χ0) is 21.4. The molecular formula is C21H17BrN2O5S. The number of benzene rings is 2. The van der Waals surface area contributed by atoms with Gasteiger partial charge in [-0.25, -0.2) is 0 Å². The normalized spacial score (nSPS) is 16.8. The number of rotatable bonds is 4. The minimum atomic E-state index is -0.573. The third-order valence-corrected chi connectivity index (χ3v) is 5.38. The number of hydrogen-bond acceptors (Lipinski definition) is 6. The van der Waals surface area contributed by atoms with Crippen molar-refractivity contribution in [2.45, 2.75) is 13.8 Å². The van der Waals surface area contributed by atoms with Gasteiger partial charge in [0.2, 0.25) is 6.79 Å². The summed E-state index contributed by atoms with van der Waals surface area (Å²) in [5, 5.41) is 2.63. The van der Waals surface area contributed by atoms with Crippen LogP contribution in [-0.4, -0.2) is 30.3 Å². The minimum Gasteiger partial charge on any atom is -0.493 e. The Labute approximate surface area is 186 Å². The lowest BCUT2D eigenvalue weighted by molar-refractivity contribution is -0.122. The molecule has 30 heavy (non-hydrogen) atoms. The monoisotopic (exact) mass is 488 g/mol. The molecule has 0 aliphatic carbocycles. The summed E-state index contributed by atoms with van der Waals surface area (Å²) in [7, 11) is 0. The summed E-state index contributed by atoms with van der Waals surface area (Å²) in [5.41, 5.74) is 1.88. The first-order chi connectivity index (χ1) is 14.4. The van der Waals surface area contributed by atoms with Crippen LogP contribution in [0.5, 0.6) is 17.2 Å². The second-order valence-electron chi connectivity index (χ2n) is 6.56. The lowest BCUT2D eigenvalue weighted by atomic mass is 10.0. The number of fused-ring (bicyclic) bond motifs is 1. The smallest absolute Gasteiger partial charge is 0.270 e. The van der Waals surface area contributed by atoms with E-state index in [-0.39, 0.29) is 17.5 Å². The van der Waals surface area contributed by atoms with E-state index in [9.17, 15) is 9.59 Å². The van der Waals surface area contributed by atoms with E-state index in [1.54, 1.807) is 18.2 Å². The van der Waals surface area contributed by atoms with Crippen molar-refractivity contribution >= 4 is 56.8 Å². The first-order valence-corrected chi connectivity index (χ1v) is 10.3. The number of thiocarbonyl (C=S) groups is 1. The van der Waals surface area contributed by atoms with E-state index in [0.29, 0.717) is 35.1 Å². The first-order valence-electron chi connectivity index (χ1n) is 9.13. The van der Waals surface area contributed by atoms with Crippen LogP contribution in [0, 0.1) is 6.92 Å². The van der Waals surface area contributed by atoms with Crippen LogP contribution in [0.25, 0.3) is 6.08 Å². The van der Waals surface area contributed by atoms with Crippen molar-refractivity contribution in [2.24, 2.45) is 0 Å². The molecule has 2 aliphatic rings. The molecule has 0 radical (unpaired) electrons. The molecule has 4 rings (SSSR count).